The van der Waals surface area contributed by atoms with E-state index in [0.717, 1.165) is 11.8 Å². The summed E-state index contributed by atoms with van der Waals surface area (Å²) in [5.74, 6) is 0.502. The zero-order valence-electron chi connectivity index (χ0n) is 10.3. The summed E-state index contributed by atoms with van der Waals surface area (Å²) in [4.78, 5) is 12.1. The highest BCUT2D eigenvalue weighted by atomic mass is 79.9. The molecule has 0 aliphatic heterocycles. The van der Waals surface area contributed by atoms with Crippen LogP contribution in [0.15, 0.2) is 55.1 Å². The van der Waals surface area contributed by atoms with Crippen LogP contribution in [0.2, 0.25) is 0 Å². The maximum Gasteiger partial charge on any atom is 0.284 e. The van der Waals surface area contributed by atoms with Crippen molar-refractivity contribution in [1.82, 2.24) is 10.2 Å². The van der Waals surface area contributed by atoms with E-state index in [-0.39, 0.29) is 22.4 Å². The third-order valence-corrected chi connectivity index (χ3v) is 3.74. The van der Waals surface area contributed by atoms with Gasteiger partial charge in [-0.15, -0.1) is 10.2 Å². The Morgan fingerprint density at radius 3 is 2.90 bits per heavy atom. The quantitative estimate of drug-likeness (QED) is 0.706. The molecule has 0 aliphatic rings. The molecule has 2 heterocycles. The maximum atomic E-state index is 12.1. The van der Waals surface area contributed by atoms with Gasteiger partial charge in [-0.25, -0.2) is 0 Å². The number of phenolic OH excluding ortho intramolecular Hbond substituents is 1. The molecule has 0 spiro atoms. The molecule has 0 saturated carbocycles. The van der Waals surface area contributed by atoms with Crippen molar-refractivity contribution in [2.45, 2.75) is 5.22 Å². The van der Waals surface area contributed by atoms with Crippen LogP contribution in [-0.4, -0.2) is 20.4 Å². The largest absolute Gasteiger partial charge is 0.507 e. The second-order valence-electron chi connectivity index (χ2n) is 3.90. The minimum atomic E-state index is -0.400. The van der Waals surface area contributed by atoms with Crippen molar-refractivity contribution in [2.75, 3.05) is 0 Å². The van der Waals surface area contributed by atoms with Crippen molar-refractivity contribution in [3.05, 3.63) is 46.6 Å². The van der Waals surface area contributed by atoms with Crippen LogP contribution in [-0.2, 0) is 0 Å². The van der Waals surface area contributed by atoms with Crippen molar-refractivity contribution in [1.29, 1.82) is 0 Å². The summed E-state index contributed by atoms with van der Waals surface area (Å²) in [5.41, 5.74) is 0.159. The third kappa shape index (κ3) is 3.01. The number of phenols is 1. The molecule has 3 aromatic rings. The Labute approximate surface area is 131 Å². The fourth-order valence-electron chi connectivity index (χ4n) is 1.56. The Kier molecular flexibility index (Phi) is 3.80. The second-order valence-corrected chi connectivity index (χ2v) is 5.74. The van der Waals surface area contributed by atoms with Crippen LogP contribution in [0.4, 0.5) is 0 Å². The molecule has 0 fully saturated rings. The van der Waals surface area contributed by atoms with E-state index in [4.69, 9.17) is 8.83 Å². The van der Waals surface area contributed by atoms with Crippen molar-refractivity contribution >= 4 is 32.8 Å². The number of aromatic nitrogens is 2. The molecule has 2 aromatic heterocycles. The van der Waals surface area contributed by atoms with Crippen LogP contribution < -0.4 is 0 Å². The molecule has 0 radical (unpaired) electrons. The molecule has 6 nitrogen and oxygen atoms in total. The van der Waals surface area contributed by atoms with E-state index in [0.29, 0.717) is 10.2 Å². The Bertz CT molecular complexity index is 785. The molecule has 1 aromatic carbocycles. The lowest BCUT2D eigenvalue weighted by Gasteiger charge is -2.01. The SMILES string of the molecule is O=C(Sc1nnc(-c2ccco2)o1)c1cc(Br)ccc1O. The Hall–Kier alpha value is -2.06. The fourth-order valence-corrected chi connectivity index (χ4v) is 2.55. The first-order valence-corrected chi connectivity index (χ1v) is 7.32. The molecular weight excluding hydrogens is 360 g/mol. The van der Waals surface area contributed by atoms with Gasteiger partial charge in [-0.05, 0) is 30.3 Å². The maximum absolute atomic E-state index is 12.1. The summed E-state index contributed by atoms with van der Waals surface area (Å²) >= 11 is 3.98. The number of nitrogens with zero attached hydrogens (tertiary/aromatic N) is 2. The fraction of sp³-hybridized carbons (Fsp3) is 0. The van der Waals surface area contributed by atoms with Crippen LogP contribution in [0.1, 0.15) is 10.4 Å². The van der Waals surface area contributed by atoms with Gasteiger partial charge in [-0.3, -0.25) is 4.79 Å². The molecule has 0 amide bonds. The molecule has 21 heavy (non-hydrogen) atoms. The molecule has 0 unspecified atom stereocenters. The van der Waals surface area contributed by atoms with Gasteiger partial charge in [0.15, 0.2) is 5.76 Å². The van der Waals surface area contributed by atoms with E-state index in [1.54, 1.807) is 18.2 Å². The highest BCUT2D eigenvalue weighted by Crippen LogP contribution is 2.30. The number of furan rings is 1. The van der Waals surface area contributed by atoms with Crippen LogP contribution in [0.3, 0.4) is 0 Å². The van der Waals surface area contributed by atoms with Gasteiger partial charge in [0.2, 0.25) is 5.12 Å². The summed E-state index contributed by atoms with van der Waals surface area (Å²) < 4.78 is 11.1. The number of carbonyl (C=O) groups excluding carboxylic acids is 1. The van der Waals surface area contributed by atoms with Crippen LogP contribution in [0.25, 0.3) is 11.7 Å². The highest BCUT2D eigenvalue weighted by molar-refractivity contribution is 9.10. The first kappa shape index (κ1) is 13.9. The van der Waals surface area contributed by atoms with Crippen molar-refractivity contribution in [2.24, 2.45) is 0 Å². The zero-order chi connectivity index (χ0) is 14.8. The number of halogens is 1. The summed E-state index contributed by atoms with van der Waals surface area (Å²) in [7, 11) is 0. The average molecular weight is 367 g/mol. The van der Waals surface area contributed by atoms with Gasteiger partial charge in [0.1, 0.15) is 5.75 Å². The van der Waals surface area contributed by atoms with E-state index in [2.05, 4.69) is 26.1 Å². The molecule has 8 heteroatoms. The zero-order valence-corrected chi connectivity index (χ0v) is 12.7. The minimum Gasteiger partial charge on any atom is -0.507 e. The number of benzene rings is 1. The van der Waals surface area contributed by atoms with E-state index in [9.17, 15) is 9.90 Å². The first-order chi connectivity index (χ1) is 10.1. The molecule has 0 atom stereocenters. The number of thioether (sulfide) groups is 1. The Balaban J connectivity index is 1.80. The molecule has 1 N–H and O–H groups in total. The van der Waals surface area contributed by atoms with E-state index < -0.39 is 5.12 Å². The molecular formula is C13H7BrN2O4S. The summed E-state index contributed by atoms with van der Waals surface area (Å²) in [6.07, 6.45) is 1.48. The molecule has 0 bridgehead atoms. The predicted octanol–water partition coefficient (Wildman–Crippen LogP) is 3.73. The lowest BCUT2D eigenvalue weighted by molar-refractivity contribution is 0.108. The molecule has 0 aliphatic carbocycles. The van der Waals surface area contributed by atoms with Gasteiger partial charge >= 0.3 is 0 Å². The van der Waals surface area contributed by atoms with E-state index in [1.807, 2.05) is 0 Å². The number of carbonyl (C=O) groups is 1. The van der Waals surface area contributed by atoms with Crippen molar-refractivity contribution in [3.8, 4) is 17.4 Å². The minimum absolute atomic E-state index is 0.0748. The van der Waals surface area contributed by atoms with Gasteiger partial charge in [-0.2, -0.15) is 0 Å². The molecule has 0 saturated heterocycles. The lowest BCUT2D eigenvalue weighted by Crippen LogP contribution is -1.94. The predicted molar refractivity (Wildman–Crippen MR) is 78.0 cm³/mol. The van der Waals surface area contributed by atoms with E-state index in [1.165, 1.54) is 18.4 Å². The second kappa shape index (κ2) is 5.74. The summed E-state index contributed by atoms with van der Waals surface area (Å²) in [6.45, 7) is 0. The number of hydrogen-bond acceptors (Lipinski definition) is 7. The van der Waals surface area contributed by atoms with Gasteiger partial charge in [-0.1, -0.05) is 15.9 Å². The smallest absolute Gasteiger partial charge is 0.284 e. The third-order valence-electron chi connectivity index (χ3n) is 2.50. The molecule has 106 valence electrons. The van der Waals surface area contributed by atoms with Gasteiger partial charge in [0, 0.05) is 16.2 Å². The van der Waals surface area contributed by atoms with E-state index >= 15 is 0 Å². The van der Waals surface area contributed by atoms with Gasteiger partial charge < -0.3 is 13.9 Å². The Morgan fingerprint density at radius 1 is 1.29 bits per heavy atom. The molecule has 3 rings (SSSR count). The van der Waals surface area contributed by atoms with Crippen LogP contribution >= 0.6 is 27.7 Å². The Morgan fingerprint density at radius 2 is 2.14 bits per heavy atom. The first-order valence-electron chi connectivity index (χ1n) is 5.71. The van der Waals surface area contributed by atoms with Crippen molar-refractivity contribution < 1.29 is 18.7 Å². The normalized spacial score (nSPS) is 10.7. The standard InChI is InChI=1S/C13H7BrN2O4S/c14-7-3-4-9(17)8(6-7)12(18)21-13-16-15-11(20-13)10-2-1-5-19-10/h1-6,17H. The number of aromatic hydroxyl groups is 1. The van der Waals surface area contributed by atoms with Crippen LogP contribution in [0.5, 0.6) is 5.75 Å². The average Bonchev–Trinajstić information content (AvgIpc) is 3.11. The van der Waals surface area contributed by atoms with Crippen LogP contribution in [0, 0.1) is 0 Å². The van der Waals surface area contributed by atoms with Gasteiger partial charge in [0.25, 0.3) is 11.1 Å². The number of rotatable bonds is 3. The number of hydrogen-bond donors (Lipinski definition) is 1. The highest BCUT2D eigenvalue weighted by Gasteiger charge is 2.18. The monoisotopic (exact) mass is 366 g/mol. The summed E-state index contributed by atoms with van der Waals surface area (Å²) in [6, 6.07) is 7.95. The summed E-state index contributed by atoms with van der Waals surface area (Å²) in [5, 5.41) is 16.9. The van der Waals surface area contributed by atoms with Gasteiger partial charge in [0.05, 0.1) is 11.8 Å². The topological polar surface area (TPSA) is 89.4 Å². The van der Waals surface area contributed by atoms with Crippen molar-refractivity contribution in [3.63, 3.8) is 0 Å². The lowest BCUT2D eigenvalue weighted by atomic mass is 10.2.